The lowest BCUT2D eigenvalue weighted by Crippen LogP contribution is -2.19. The molecule has 1 nitrogen and oxygen atoms in total. The van der Waals surface area contributed by atoms with Crippen molar-refractivity contribution in [2.24, 2.45) is 5.41 Å². The Balaban J connectivity index is 1.85. The first kappa shape index (κ1) is 13.7. The van der Waals surface area contributed by atoms with Gasteiger partial charge in [-0.2, -0.15) is 0 Å². The third kappa shape index (κ3) is 3.17. The van der Waals surface area contributed by atoms with Crippen LogP contribution in [0, 0.1) is 5.41 Å². The Labute approximate surface area is 114 Å². The van der Waals surface area contributed by atoms with Gasteiger partial charge >= 0.3 is 0 Å². The van der Waals surface area contributed by atoms with Gasteiger partial charge in [-0.1, -0.05) is 39.0 Å². The highest BCUT2D eigenvalue weighted by atomic mass is 32.2. The van der Waals surface area contributed by atoms with Crippen molar-refractivity contribution in [2.45, 2.75) is 50.8 Å². The topological polar surface area (TPSA) is 17.1 Å². The molecule has 0 saturated carbocycles. The molecule has 0 spiro atoms. The second kappa shape index (κ2) is 5.48. The lowest BCUT2D eigenvalue weighted by atomic mass is 9.86. The van der Waals surface area contributed by atoms with Crippen LogP contribution in [0.25, 0.3) is 0 Å². The molecule has 0 bridgehead atoms. The average Bonchev–Trinajstić information content (AvgIpc) is 2.71. The van der Waals surface area contributed by atoms with Crippen LogP contribution in [0.15, 0.2) is 29.2 Å². The van der Waals surface area contributed by atoms with Crippen molar-refractivity contribution in [3.63, 3.8) is 0 Å². The first-order valence-corrected chi connectivity index (χ1v) is 7.72. The van der Waals surface area contributed by atoms with E-state index in [9.17, 15) is 4.79 Å². The van der Waals surface area contributed by atoms with Gasteiger partial charge in [0.25, 0.3) is 0 Å². The third-order valence-corrected chi connectivity index (χ3v) is 4.84. The molecular weight excluding hydrogens is 240 g/mol. The highest BCUT2D eigenvalue weighted by molar-refractivity contribution is 7.99. The molecule has 2 heteroatoms. The maximum Gasteiger partial charge on any atom is 0.138 e. The van der Waals surface area contributed by atoms with Crippen LogP contribution >= 0.6 is 11.8 Å². The summed E-state index contributed by atoms with van der Waals surface area (Å²) in [5.74, 6) is 2.23. The summed E-state index contributed by atoms with van der Waals surface area (Å²) < 4.78 is 0. The minimum atomic E-state index is -0.178. The first-order chi connectivity index (χ1) is 8.48. The fourth-order valence-electron chi connectivity index (χ4n) is 2.35. The molecule has 1 aliphatic rings. The number of ketones is 1. The molecule has 98 valence electrons. The molecule has 1 atom stereocenters. The van der Waals surface area contributed by atoms with Gasteiger partial charge in [-0.25, -0.2) is 0 Å². The molecule has 1 heterocycles. The third-order valence-electron chi connectivity index (χ3n) is 3.59. The summed E-state index contributed by atoms with van der Waals surface area (Å²) in [5.41, 5.74) is 1.31. The summed E-state index contributed by atoms with van der Waals surface area (Å²) in [6.45, 7) is 6.03. The Morgan fingerprint density at radius 1 is 1.33 bits per heavy atom. The van der Waals surface area contributed by atoms with E-state index >= 15 is 0 Å². The van der Waals surface area contributed by atoms with Crippen LogP contribution in [0.1, 0.15) is 51.5 Å². The number of benzene rings is 1. The Morgan fingerprint density at radius 3 is 2.78 bits per heavy atom. The molecule has 0 saturated heterocycles. The van der Waals surface area contributed by atoms with Crippen LogP contribution in [-0.2, 0) is 4.79 Å². The van der Waals surface area contributed by atoms with Gasteiger partial charge in [0.05, 0.1) is 0 Å². The standard InChI is InChI=1S/C16H22OS/c1-16(2,3)15(17)10-6-7-12-11-18-14-9-5-4-8-13(12)14/h4-5,8-9,12H,6-7,10-11H2,1-3H3. The summed E-state index contributed by atoms with van der Waals surface area (Å²) in [6.07, 6.45) is 2.90. The zero-order valence-electron chi connectivity index (χ0n) is 11.5. The maximum absolute atomic E-state index is 11.9. The van der Waals surface area contributed by atoms with E-state index < -0.39 is 0 Å². The fraction of sp³-hybridized carbons (Fsp3) is 0.562. The normalized spacial score (nSPS) is 18.7. The van der Waals surface area contributed by atoms with Gasteiger partial charge in [-0.3, -0.25) is 4.79 Å². The second-order valence-corrected chi connectivity index (χ2v) is 7.17. The van der Waals surface area contributed by atoms with Crippen LogP contribution < -0.4 is 0 Å². The smallest absolute Gasteiger partial charge is 0.138 e. The number of hydrogen-bond acceptors (Lipinski definition) is 2. The van der Waals surface area contributed by atoms with Crippen LogP contribution in [0.2, 0.25) is 0 Å². The molecule has 1 unspecified atom stereocenters. The number of Topliss-reactive ketones (excluding diaryl/α,β-unsaturated/α-hetero) is 1. The Hall–Kier alpha value is -0.760. The van der Waals surface area contributed by atoms with Crippen molar-refractivity contribution in [1.82, 2.24) is 0 Å². The van der Waals surface area contributed by atoms with E-state index in [0.717, 1.165) is 19.3 Å². The Kier molecular flexibility index (Phi) is 4.16. The summed E-state index contributed by atoms with van der Waals surface area (Å²) >= 11 is 1.96. The van der Waals surface area contributed by atoms with Gasteiger partial charge in [0.2, 0.25) is 0 Å². The van der Waals surface area contributed by atoms with Crippen molar-refractivity contribution in [1.29, 1.82) is 0 Å². The predicted octanol–water partition coefficient (Wildman–Crippen LogP) is 4.66. The van der Waals surface area contributed by atoms with Gasteiger partial charge in [0.15, 0.2) is 0 Å². The number of carbonyl (C=O) groups excluding carboxylic acids is 1. The summed E-state index contributed by atoms with van der Waals surface area (Å²) in [6, 6.07) is 8.68. The minimum Gasteiger partial charge on any atom is -0.299 e. The van der Waals surface area contributed by atoms with Gasteiger partial charge in [0.1, 0.15) is 5.78 Å². The zero-order valence-corrected chi connectivity index (χ0v) is 12.3. The molecule has 2 rings (SSSR count). The average molecular weight is 262 g/mol. The molecular formula is C16H22OS. The first-order valence-electron chi connectivity index (χ1n) is 6.73. The van der Waals surface area contributed by atoms with Crippen LogP contribution in [0.5, 0.6) is 0 Å². The van der Waals surface area contributed by atoms with Crippen molar-refractivity contribution in [3.05, 3.63) is 29.8 Å². The van der Waals surface area contributed by atoms with Crippen molar-refractivity contribution >= 4 is 17.5 Å². The van der Waals surface area contributed by atoms with Crippen LogP contribution in [0.4, 0.5) is 0 Å². The van der Waals surface area contributed by atoms with Crippen LogP contribution in [0.3, 0.4) is 0 Å². The van der Waals surface area contributed by atoms with E-state index in [1.54, 1.807) is 0 Å². The molecule has 1 aromatic rings. The highest BCUT2D eigenvalue weighted by Gasteiger charge is 2.24. The van der Waals surface area contributed by atoms with Crippen molar-refractivity contribution in [2.75, 3.05) is 5.75 Å². The summed E-state index contributed by atoms with van der Waals surface area (Å²) in [5, 5.41) is 0. The van der Waals surface area contributed by atoms with Gasteiger partial charge in [-0.15, -0.1) is 11.8 Å². The molecule has 0 aromatic heterocycles. The maximum atomic E-state index is 11.9. The van der Waals surface area contributed by atoms with Crippen molar-refractivity contribution < 1.29 is 4.79 Å². The molecule has 18 heavy (non-hydrogen) atoms. The van der Waals surface area contributed by atoms with E-state index in [1.165, 1.54) is 16.2 Å². The fourth-order valence-corrected chi connectivity index (χ4v) is 3.66. The Morgan fingerprint density at radius 2 is 2.06 bits per heavy atom. The highest BCUT2D eigenvalue weighted by Crippen LogP contribution is 2.41. The molecule has 0 amide bonds. The summed E-state index contributed by atoms with van der Waals surface area (Å²) in [4.78, 5) is 13.3. The minimum absolute atomic E-state index is 0.178. The monoisotopic (exact) mass is 262 g/mol. The van der Waals surface area contributed by atoms with Crippen LogP contribution in [-0.4, -0.2) is 11.5 Å². The predicted molar refractivity (Wildman–Crippen MR) is 78.2 cm³/mol. The van der Waals surface area contributed by atoms with Crippen molar-refractivity contribution in [3.8, 4) is 0 Å². The molecule has 1 aliphatic heterocycles. The number of thioether (sulfide) groups is 1. The van der Waals surface area contributed by atoms with E-state index in [4.69, 9.17) is 0 Å². The number of hydrogen-bond donors (Lipinski definition) is 0. The van der Waals surface area contributed by atoms with Gasteiger partial charge in [-0.05, 0) is 30.4 Å². The molecule has 0 radical (unpaired) electrons. The lowest BCUT2D eigenvalue weighted by molar-refractivity contribution is -0.126. The molecule has 0 fully saturated rings. The number of fused-ring (bicyclic) bond motifs is 1. The quantitative estimate of drug-likeness (QED) is 0.785. The van der Waals surface area contributed by atoms with E-state index in [2.05, 4.69) is 24.3 Å². The van der Waals surface area contributed by atoms with E-state index in [-0.39, 0.29) is 5.41 Å². The molecule has 1 aromatic carbocycles. The second-order valence-electron chi connectivity index (χ2n) is 6.11. The van der Waals surface area contributed by atoms with E-state index in [0.29, 0.717) is 11.7 Å². The number of rotatable bonds is 4. The zero-order chi connectivity index (χ0) is 13.2. The number of carbonyl (C=O) groups is 1. The Bertz CT molecular complexity index is 431. The van der Waals surface area contributed by atoms with Gasteiger partial charge in [0, 0.05) is 22.5 Å². The lowest BCUT2D eigenvalue weighted by Gasteiger charge is -2.17. The molecule has 0 aliphatic carbocycles. The summed E-state index contributed by atoms with van der Waals surface area (Å²) in [7, 11) is 0. The van der Waals surface area contributed by atoms with E-state index in [1.807, 2.05) is 32.5 Å². The van der Waals surface area contributed by atoms with Gasteiger partial charge < -0.3 is 0 Å². The molecule has 0 N–H and O–H groups in total. The SMILES string of the molecule is CC(C)(C)C(=O)CCCC1CSc2ccccc21. The largest absolute Gasteiger partial charge is 0.299 e.